The molecule has 1 amide bonds. The van der Waals surface area contributed by atoms with Crippen LogP contribution >= 0.6 is 10.7 Å². The van der Waals surface area contributed by atoms with Gasteiger partial charge in [0, 0.05) is 16.7 Å². The first-order valence-corrected chi connectivity index (χ1v) is 7.98. The van der Waals surface area contributed by atoms with Crippen molar-refractivity contribution in [2.45, 2.75) is 31.7 Å². The smallest absolute Gasteiger partial charge is 0.261 e. The van der Waals surface area contributed by atoms with Crippen LogP contribution in [0.2, 0.25) is 0 Å². The Bertz CT molecular complexity index is 569. The molecule has 106 valence electrons. The molecule has 1 rings (SSSR count). The number of hydrogen-bond acceptors (Lipinski definition) is 4. The number of halogens is 1. The first-order chi connectivity index (χ1) is 8.70. The predicted molar refractivity (Wildman–Crippen MR) is 73.0 cm³/mol. The molecule has 0 aliphatic heterocycles. The van der Waals surface area contributed by atoms with Gasteiger partial charge < -0.3 is 10.1 Å². The van der Waals surface area contributed by atoms with Crippen LogP contribution in [-0.2, 0) is 13.8 Å². The Morgan fingerprint density at radius 3 is 2.53 bits per heavy atom. The van der Waals surface area contributed by atoms with Crippen molar-refractivity contribution in [1.29, 1.82) is 0 Å². The summed E-state index contributed by atoms with van der Waals surface area (Å²) in [5, 5.41) is 2.68. The molecule has 0 unspecified atom stereocenters. The number of carbonyl (C=O) groups excluding carboxylic acids is 1. The van der Waals surface area contributed by atoms with Gasteiger partial charge in [-0.1, -0.05) is 0 Å². The van der Waals surface area contributed by atoms with Gasteiger partial charge in [-0.15, -0.1) is 0 Å². The molecule has 0 aliphatic rings. The summed E-state index contributed by atoms with van der Waals surface area (Å²) in [4.78, 5) is 11.4. The van der Waals surface area contributed by atoms with E-state index in [9.17, 15) is 13.2 Å². The molecule has 1 aromatic carbocycles. The molecule has 0 heterocycles. The van der Waals surface area contributed by atoms with Gasteiger partial charge in [0.2, 0.25) is 0 Å². The maximum Gasteiger partial charge on any atom is 0.261 e. The molecule has 1 aromatic rings. The molecular formula is C12H16ClNO4S. The summed E-state index contributed by atoms with van der Waals surface area (Å²) in [6.07, 6.45) is 0. The highest BCUT2D eigenvalue weighted by molar-refractivity contribution is 8.13. The average Bonchev–Trinajstić information content (AvgIpc) is 2.23. The monoisotopic (exact) mass is 305 g/mol. The van der Waals surface area contributed by atoms with Crippen LogP contribution in [0.15, 0.2) is 23.1 Å². The normalized spacial score (nSPS) is 11.4. The maximum atomic E-state index is 11.4. The number of benzene rings is 1. The third kappa shape index (κ3) is 5.08. The van der Waals surface area contributed by atoms with Crippen molar-refractivity contribution < 1.29 is 17.9 Å². The van der Waals surface area contributed by atoms with E-state index in [0.29, 0.717) is 11.3 Å². The highest BCUT2D eigenvalue weighted by atomic mass is 35.7. The largest absolute Gasteiger partial charge is 0.484 e. The summed E-state index contributed by atoms with van der Waals surface area (Å²) in [7, 11) is 1.51. The molecule has 0 aliphatic carbocycles. The second-order valence-electron chi connectivity index (χ2n) is 4.38. The average molecular weight is 306 g/mol. The van der Waals surface area contributed by atoms with Crippen LogP contribution in [-0.4, -0.2) is 27.0 Å². The minimum atomic E-state index is -3.76. The van der Waals surface area contributed by atoms with Crippen LogP contribution in [0.1, 0.15) is 19.4 Å². The van der Waals surface area contributed by atoms with Crippen molar-refractivity contribution in [3.63, 3.8) is 0 Å². The van der Waals surface area contributed by atoms with Gasteiger partial charge in [-0.2, -0.15) is 0 Å². The fourth-order valence-corrected chi connectivity index (χ4v) is 2.69. The van der Waals surface area contributed by atoms with Crippen molar-refractivity contribution in [2.75, 3.05) is 6.61 Å². The zero-order valence-electron chi connectivity index (χ0n) is 10.9. The van der Waals surface area contributed by atoms with Gasteiger partial charge in [0.25, 0.3) is 15.0 Å². The number of amides is 1. The van der Waals surface area contributed by atoms with Crippen LogP contribution in [0.4, 0.5) is 0 Å². The Hall–Kier alpha value is -1.27. The van der Waals surface area contributed by atoms with Gasteiger partial charge >= 0.3 is 0 Å². The lowest BCUT2D eigenvalue weighted by molar-refractivity contribution is -0.123. The Kier molecular flexibility index (Phi) is 5.20. The summed E-state index contributed by atoms with van der Waals surface area (Å²) < 4.78 is 27.7. The summed E-state index contributed by atoms with van der Waals surface area (Å²) in [6, 6.07) is 4.39. The van der Waals surface area contributed by atoms with Gasteiger partial charge in [0.05, 0.1) is 4.90 Å². The Morgan fingerprint density at radius 1 is 1.42 bits per heavy atom. The molecule has 0 saturated carbocycles. The third-order valence-corrected chi connectivity index (χ3v) is 3.71. The number of rotatable bonds is 5. The highest BCUT2D eigenvalue weighted by Gasteiger charge is 2.14. The molecular weight excluding hydrogens is 290 g/mol. The summed E-state index contributed by atoms with van der Waals surface area (Å²) in [6.45, 7) is 5.19. The molecule has 5 nitrogen and oxygen atoms in total. The lowest BCUT2D eigenvalue weighted by Gasteiger charge is -2.10. The van der Waals surface area contributed by atoms with E-state index in [1.165, 1.54) is 18.2 Å². The molecule has 0 bridgehead atoms. The van der Waals surface area contributed by atoms with E-state index in [-0.39, 0.29) is 23.5 Å². The van der Waals surface area contributed by atoms with Gasteiger partial charge in [-0.25, -0.2) is 8.42 Å². The van der Waals surface area contributed by atoms with Crippen LogP contribution in [0, 0.1) is 6.92 Å². The van der Waals surface area contributed by atoms with E-state index in [0.717, 1.165) is 0 Å². The maximum absolute atomic E-state index is 11.4. The Balaban J connectivity index is 2.72. The minimum absolute atomic E-state index is 0.0353. The van der Waals surface area contributed by atoms with Crippen molar-refractivity contribution >= 4 is 25.6 Å². The Labute approximate surface area is 117 Å². The van der Waals surface area contributed by atoms with E-state index in [1.54, 1.807) is 6.92 Å². The number of hydrogen-bond donors (Lipinski definition) is 1. The van der Waals surface area contributed by atoms with Gasteiger partial charge in [-0.3, -0.25) is 4.79 Å². The summed E-state index contributed by atoms with van der Waals surface area (Å²) in [5.74, 6) is 0.183. The van der Waals surface area contributed by atoms with Crippen molar-refractivity contribution in [3.8, 4) is 5.75 Å². The van der Waals surface area contributed by atoms with Gasteiger partial charge in [-0.05, 0) is 44.5 Å². The number of nitrogens with one attached hydrogen (secondary N) is 1. The highest BCUT2D eigenvalue weighted by Crippen LogP contribution is 2.23. The van der Waals surface area contributed by atoms with E-state index < -0.39 is 9.05 Å². The zero-order chi connectivity index (χ0) is 14.6. The molecule has 0 spiro atoms. The SMILES string of the molecule is Cc1cc(OCC(=O)NC(C)C)ccc1S(=O)(=O)Cl. The first kappa shape index (κ1) is 15.8. The van der Waals surface area contributed by atoms with Crippen LogP contribution in [0.25, 0.3) is 0 Å². The molecule has 0 atom stereocenters. The molecule has 0 saturated heterocycles. The lowest BCUT2D eigenvalue weighted by atomic mass is 10.2. The number of carbonyl (C=O) groups is 1. The van der Waals surface area contributed by atoms with Crippen molar-refractivity contribution in [3.05, 3.63) is 23.8 Å². The quantitative estimate of drug-likeness (QED) is 0.842. The summed E-state index contributed by atoms with van der Waals surface area (Å²) >= 11 is 0. The van der Waals surface area contributed by atoms with Crippen molar-refractivity contribution in [1.82, 2.24) is 5.32 Å². The topological polar surface area (TPSA) is 72.5 Å². The Morgan fingerprint density at radius 2 is 2.05 bits per heavy atom. The zero-order valence-corrected chi connectivity index (χ0v) is 12.5. The minimum Gasteiger partial charge on any atom is -0.484 e. The summed E-state index contributed by atoms with van der Waals surface area (Å²) in [5.41, 5.74) is 0.469. The van der Waals surface area contributed by atoms with E-state index in [4.69, 9.17) is 15.4 Å². The van der Waals surface area contributed by atoms with E-state index in [1.807, 2.05) is 13.8 Å². The van der Waals surface area contributed by atoms with Crippen LogP contribution in [0.5, 0.6) is 5.75 Å². The fourth-order valence-electron chi connectivity index (χ4n) is 1.50. The van der Waals surface area contributed by atoms with Crippen molar-refractivity contribution in [2.24, 2.45) is 0 Å². The molecule has 19 heavy (non-hydrogen) atoms. The number of ether oxygens (including phenoxy) is 1. The van der Waals surface area contributed by atoms with E-state index >= 15 is 0 Å². The third-order valence-electron chi connectivity index (χ3n) is 2.23. The van der Waals surface area contributed by atoms with E-state index in [2.05, 4.69) is 5.32 Å². The molecule has 7 heteroatoms. The van der Waals surface area contributed by atoms with Gasteiger partial charge in [0.1, 0.15) is 5.75 Å². The van der Waals surface area contributed by atoms with Gasteiger partial charge in [0.15, 0.2) is 6.61 Å². The fraction of sp³-hybridized carbons (Fsp3) is 0.417. The number of aryl methyl sites for hydroxylation is 1. The molecule has 1 N–H and O–H groups in total. The molecule has 0 aromatic heterocycles. The molecule has 0 radical (unpaired) electrons. The molecule has 0 fully saturated rings. The van der Waals surface area contributed by atoms with Crippen LogP contribution < -0.4 is 10.1 Å². The van der Waals surface area contributed by atoms with Crippen LogP contribution in [0.3, 0.4) is 0 Å². The standard InChI is InChI=1S/C12H16ClNO4S/c1-8(2)14-12(15)7-18-10-4-5-11(9(3)6-10)19(13,16)17/h4-6,8H,7H2,1-3H3,(H,14,15). The predicted octanol–water partition coefficient (Wildman–Crippen LogP) is 1.83. The second-order valence-corrected chi connectivity index (χ2v) is 6.91. The second kappa shape index (κ2) is 6.25. The lowest BCUT2D eigenvalue weighted by Crippen LogP contribution is -2.34. The first-order valence-electron chi connectivity index (χ1n) is 5.67.